The van der Waals surface area contributed by atoms with Crippen molar-refractivity contribution in [3.05, 3.63) is 0 Å². The minimum atomic E-state index is 0.229. The molecule has 0 radical (unpaired) electrons. The molecule has 0 bridgehead atoms. The molecule has 0 amide bonds. The van der Waals surface area contributed by atoms with Gasteiger partial charge in [0.2, 0.25) is 0 Å². The van der Waals surface area contributed by atoms with Crippen molar-refractivity contribution in [1.29, 1.82) is 0 Å². The smallest absolute Gasteiger partial charge is 0.297 e. The maximum Gasteiger partial charge on any atom is 0.297 e. The van der Waals surface area contributed by atoms with Gasteiger partial charge in [-0.1, -0.05) is 6.92 Å². The molecule has 1 unspecified atom stereocenters. The zero-order valence-electron chi connectivity index (χ0n) is 9.28. The number of nitrogens with one attached hydrogen (secondary N) is 1. The molecule has 1 rings (SSSR count). The fourth-order valence-corrected chi connectivity index (χ4v) is 1.53. The molecule has 0 aliphatic carbocycles. The van der Waals surface area contributed by atoms with Gasteiger partial charge in [-0.3, -0.25) is 4.72 Å². The number of rotatable bonds is 3. The van der Waals surface area contributed by atoms with Crippen molar-refractivity contribution < 1.29 is 4.74 Å². The van der Waals surface area contributed by atoms with E-state index in [1.165, 1.54) is 0 Å². The number of hydrogen-bond donors (Lipinski definition) is 1. The average Bonchev–Trinajstić information content (AvgIpc) is 2.18. The summed E-state index contributed by atoms with van der Waals surface area (Å²) in [6.07, 6.45) is 1.23. The largest absolute Gasteiger partial charge is 0.462 e. The van der Waals surface area contributed by atoms with Crippen LogP contribution in [0.5, 0.6) is 0 Å². The molecule has 14 heavy (non-hydrogen) atoms. The third-order valence-corrected chi connectivity index (χ3v) is 3.11. The third kappa shape index (κ3) is 3.38. The first-order chi connectivity index (χ1) is 6.63. The van der Waals surface area contributed by atoms with Gasteiger partial charge in [0, 0.05) is 18.2 Å². The first-order valence-corrected chi connectivity index (χ1v) is 5.81. The number of hydrogen-bond acceptors (Lipinski definition) is 5. The Bertz CT molecular complexity index is 208. The molecular formula is C9H19N3OS. The molecule has 82 valence electrons. The van der Waals surface area contributed by atoms with E-state index in [1.807, 2.05) is 6.92 Å². The fourth-order valence-electron chi connectivity index (χ4n) is 0.897. The Morgan fingerprint density at radius 1 is 1.57 bits per heavy atom. The van der Waals surface area contributed by atoms with Crippen molar-refractivity contribution >= 4 is 18.2 Å². The predicted molar refractivity (Wildman–Crippen MR) is 60.8 cm³/mol. The molecule has 1 heterocycles. The molecule has 0 saturated carbocycles. The molecule has 0 spiro atoms. The Morgan fingerprint density at radius 3 is 2.71 bits per heavy atom. The second-order valence-electron chi connectivity index (χ2n) is 3.65. The SMILES string of the molecule is CCC(C)OC1=NCN(C(C)C)SN1. The van der Waals surface area contributed by atoms with E-state index >= 15 is 0 Å². The summed E-state index contributed by atoms with van der Waals surface area (Å²) < 4.78 is 10.8. The molecule has 5 heteroatoms. The van der Waals surface area contributed by atoms with Gasteiger partial charge in [-0.25, -0.2) is 9.30 Å². The highest BCUT2D eigenvalue weighted by Crippen LogP contribution is 2.15. The molecular weight excluding hydrogens is 198 g/mol. The minimum absolute atomic E-state index is 0.229. The van der Waals surface area contributed by atoms with Crippen molar-refractivity contribution in [3.63, 3.8) is 0 Å². The van der Waals surface area contributed by atoms with E-state index in [2.05, 4.69) is 34.8 Å². The van der Waals surface area contributed by atoms with Gasteiger partial charge in [-0.2, -0.15) is 0 Å². The lowest BCUT2D eigenvalue weighted by Crippen LogP contribution is -2.37. The molecule has 0 fully saturated rings. The van der Waals surface area contributed by atoms with E-state index in [1.54, 1.807) is 12.1 Å². The minimum Gasteiger partial charge on any atom is -0.462 e. The molecule has 1 aliphatic rings. The number of ether oxygens (including phenoxy) is 1. The molecule has 0 aromatic heterocycles. The van der Waals surface area contributed by atoms with E-state index in [0.717, 1.165) is 6.42 Å². The van der Waals surface area contributed by atoms with Crippen LogP contribution in [0.4, 0.5) is 0 Å². The lowest BCUT2D eigenvalue weighted by molar-refractivity contribution is 0.193. The van der Waals surface area contributed by atoms with Gasteiger partial charge in [-0.05, 0) is 27.2 Å². The first kappa shape index (κ1) is 11.7. The maximum atomic E-state index is 5.56. The Balaban J connectivity index is 2.37. The summed E-state index contributed by atoms with van der Waals surface area (Å²) in [5.41, 5.74) is 0. The van der Waals surface area contributed by atoms with E-state index < -0.39 is 0 Å². The second-order valence-corrected chi connectivity index (χ2v) is 4.50. The van der Waals surface area contributed by atoms with Crippen molar-refractivity contribution in [2.45, 2.75) is 46.3 Å². The van der Waals surface area contributed by atoms with Crippen LogP contribution in [0.2, 0.25) is 0 Å². The van der Waals surface area contributed by atoms with Gasteiger partial charge in [0.25, 0.3) is 6.02 Å². The van der Waals surface area contributed by atoms with Gasteiger partial charge in [0.1, 0.15) is 6.67 Å². The molecule has 0 saturated heterocycles. The summed E-state index contributed by atoms with van der Waals surface area (Å²) in [4.78, 5) is 4.31. The normalized spacial score (nSPS) is 20.2. The summed E-state index contributed by atoms with van der Waals surface area (Å²) in [6.45, 7) is 9.13. The Hall–Kier alpha value is -0.420. The van der Waals surface area contributed by atoms with Gasteiger partial charge >= 0.3 is 0 Å². The highest BCUT2D eigenvalue weighted by molar-refractivity contribution is 7.95. The summed E-state index contributed by atoms with van der Waals surface area (Å²) in [7, 11) is 0. The van der Waals surface area contributed by atoms with E-state index in [9.17, 15) is 0 Å². The van der Waals surface area contributed by atoms with Crippen LogP contribution in [-0.2, 0) is 4.74 Å². The molecule has 0 aromatic carbocycles. The number of nitrogens with zero attached hydrogens (tertiary/aromatic N) is 2. The molecule has 1 N–H and O–H groups in total. The van der Waals surface area contributed by atoms with E-state index in [0.29, 0.717) is 18.7 Å². The monoisotopic (exact) mass is 217 g/mol. The molecule has 1 atom stereocenters. The van der Waals surface area contributed by atoms with Crippen LogP contribution < -0.4 is 4.72 Å². The number of amidine groups is 1. The van der Waals surface area contributed by atoms with Gasteiger partial charge in [0.15, 0.2) is 0 Å². The lowest BCUT2D eigenvalue weighted by Gasteiger charge is -2.28. The molecule has 4 nitrogen and oxygen atoms in total. The van der Waals surface area contributed by atoms with Crippen molar-refractivity contribution in [3.8, 4) is 0 Å². The number of aliphatic imine (C=N–C) groups is 1. The Kier molecular flexibility index (Phi) is 4.54. The fraction of sp³-hybridized carbons (Fsp3) is 0.889. The van der Waals surface area contributed by atoms with Crippen molar-refractivity contribution in [1.82, 2.24) is 9.03 Å². The van der Waals surface area contributed by atoms with Crippen LogP contribution in [0.15, 0.2) is 4.99 Å². The predicted octanol–water partition coefficient (Wildman–Crippen LogP) is 1.99. The Labute approximate surface area is 90.4 Å². The van der Waals surface area contributed by atoms with Crippen molar-refractivity contribution in [2.75, 3.05) is 6.67 Å². The van der Waals surface area contributed by atoms with E-state index in [-0.39, 0.29) is 6.10 Å². The molecule has 0 aromatic rings. The van der Waals surface area contributed by atoms with Crippen LogP contribution in [0.3, 0.4) is 0 Å². The summed E-state index contributed by atoms with van der Waals surface area (Å²) in [5, 5.41) is 0. The van der Waals surface area contributed by atoms with Gasteiger partial charge < -0.3 is 4.74 Å². The van der Waals surface area contributed by atoms with Crippen LogP contribution in [-0.4, -0.2) is 29.1 Å². The van der Waals surface area contributed by atoms with Gasteiger partial charge in [0.05, 0.1) is 6.10 Å². The molecule has 1 aliphatic heterocycles. The second kappa shape index (κ2) is 5.46. The standard InChI is InChI=1S/C9H19N3OS/c1-5-8(4)13-9-10-6-12(7(2)3)14-11-9/h7-8H,5-6H2,1-4H3,(H,10,11). The van der Waals surface area contributed by atoms with Crippen LogP contribution in [0.25, 0.3) is 0 Å². The highest BCUT2D eigenvalue weighted by Gasteiger charge is 2.17. The van der Waals surface area contributed by atoms with Crippen molar-refractivity contribution in [2.24, 2.45) is 4.99 Å². The first-order valence-electron chi connectivity index (χ1n) is 5.04. The average molecular weight is 217 g/mol. The van der Waals surface area contributed by atoms with Gasteiger partial charge in [-0.15, -0.1) is 0 Å². The topological polar surface area (TPSA) is 36.9 Å². The lowest BCUT2D eigenvalue weighted by atomic mass is 10.3. The van der Waals surface area contributed by atoms with E-state index in [4.69, 9.17) is 4.74 Å². The summed E-state index contributed by atoms with van der Waals surface area (Å²) in [5.74, 6) is 0. The van der Waals surface area contributed by atoms with Crippen LogP contribution in [0, 0.1) is 0 Å². The maximum absolute atomic E-state index is 5.56. The third-order valence-electron chi connectivity index (χ3n) is 2.07. The van der Waals surface area contributed by atoms with Crippen LogP contribution >= 0.6 is 12.1 Å². The Morgan fingerprint density at radius 2 is 2.29 bits per heavy atom. The zero-order valence-corrected chi connectivity index (χ0v) is 10.1. The quantitative estimate of drug-likeness (QED) is 0.734. The summed E-state index contributed by atoms with van der Waals surface area (Å²) in [6, 6.07) is 1.14. The highest BCUT2D eigenvalue weighted by atomic mass is 32.2. The zero-order chi connectivity index (χ0) is 10.6. The summed E-state index contributed by atoms with van der Waals surface area (Å²) >= 11 is 1.56. The van der Waals surface area contributed by atoms with Crippen LogP contribution in [0.1, 0.15) is 34.1 Å².